The highest BCUT2D eigenvalue weighted by Gasteiger charge is 2.16. The molecule has 1 heterocycles. The maximum atomic E-state index is 11.9. The Balaban J connectivity index is 1.85. The number of hydrogen-bond acceptors (Lipinski definition) is 4. The molecule has 1 aliphatic heterocycles. The first kappa shape index (κ1) is 15.7. The molecule has 0 saturated carbocycles. The van der Waals surface area contributed by atoms with Crippen molar-refractivity contribution in [2.75, 3.05) is 13.2 Å². The zero-order valence-electron chi connectivity index (χ0n) is 12.7. The maximum Gasteiger partial charge on any atom is 0.311 e. The van der Waals surface area contributed by atoms with E-state index in [0.29, 0.717) is 23.7 Å². The van der Waals surface area contributed by atoms with Gasteiger partial charge in [-0.25, -0.2) is 0 Å². The second kappa shape index (κ2) is 7.36. The zero-order chi connectivity index (χ0) is 15.2. The number of rotatable bonds is 5. The molecular weight excluding hydrogens is 268 g/mol. The van der Waals surface area contributed by atoms with Gasteiger partial charge in [-0.2, -0.15) is 0 Å². The Morgan fingerprint density at radius 3 is 2.81 bits per heavy atom. The van der Waals surface area contributed by atoms with Crippen LogP contribution in [0.3, 0.4) is 0 Å². The second-order valence-electron chi connectivity index (χ2n) is 5.63. The number of esters is 1. The van der Waals surface area contributed by atoms with Gasteiger partial charge in [0.25, 0.3) is 0 Å². The van der Waals surface area contributed by atoms with Crippen molar-refractivity contribution in [3.63, 3.8) is 0 Å². The Kier molecular flexibility index (Phi) is 5.51. The molecule has 1 atom stereocenters. The number of ketones is 1. The lowest BCUT2D eigenvalue weighted by Gasteiger charge is -2.21. The summed E-state index contributed by atoms with van der Waals surface area (Å²) in [6.45, 7) is 4.94. The number of carbonyl (C=O) groups is 2. The van der Waals surface area contributed by atoms with Gasteiger partial charge < -0.3 is 9.47 Å². The summed E-state index contributed by atoms with van der Waals surface area (Å²) in [6, 6.07) is 5.13. The minimum atomic E-state index is -0.223. The van der Waals surface area contributed by atoms with E-state index < -0.39 is 0 Å². The third-order valence-electron chi connectivity index (χ3n) is 3.82. The monoisotopic (exact) mass is 290 g/mol. The van der Waals surface area contributed by atoms with Crippen LogP contribution in [0.25, 0.3) is 0 Å². The van der Waals surface area contributed by atoms with Gasteiger partial charge in [0.2, 0.25) is 0 Å². The van der Waals surface area contributed by atoms with Gasteiger partial charge in [0, 0.05) is 25.2 Å². The predicted octanol–water partition coefficient (Wildman–Crippen LogP) is 3.31. The summed E-state index contributed by atoms with van der Waals surface area (Å²) in [5.74, 6) is 0.782. The van der Waals surface area contributed by atoms with Crippen LogP contribution in [-0.4, -0.2) is 25.0 Å². The van der Waals surface area contributed by atoms with E-state index in [4.69, 9.17) is 9.47 Å². The Morgan fingerprint density at radius 1 is 1.38 bits per heavy atom. The minimum Gasteiger partial charge on any atom is -0.426 e. The van der Waals surface area contributed by atoms with Gasteiger partial charge in [0.15, 0.2) is 5.78 Å². The van der Waals surface area contributed by atoms with Gasteiger partial charge in [-0.3, -0.25) is 9.59 Å². The third-order valence-corrected chi connectivity index (χ3v) is 3.82. The van der Waals surface area contributed by atoms with Gasteiger partial charge >= 0.3 is 5.97 Å². The summed E-state index contributed by atoms with van der Waals surface area (Å²) in [6.07, 6.45) is 3.41. The molecule has 4 nitrogen and oxygen atoms in total. The Bertz CT molecular complexity index is 516. The summed E-state index contributed by atoms with van der Waals surface area (Å²) >= 11 is 0. The van der Waals surface area contributed by atoms with Gasteiger partial charge in [-0.1, -0.05) is 0 Å². The highest BCUT2D eigenvalue weighted by Crippen LogP contribution is 2.22. The molecule has 0 N–H and O–H groups in total. The predicted molar refractivity (Wildman–Crippen MR) is 79.6 cm³/mol. The molecule has 0 unspecified atom stereocenters. The SMILES string of the molecule is CC(=O)c1ccc(OC(=O)CC[C@H]2CCCOC2)c(C)c1. The van der Waals surface area contributed by atoms with Crippen molar-refractivity contribution < 1.29 is 19.1 Å². The van der Waals surface area contributed by atoms with E-state index in [2.05, 4.69) is 0 Å². The molecule has 0 amide bonds. The van der Waals surface area contributed by atoms with Crippen LogP contribution in [0, 0.1) is 12.8 Å². The lowest BCUT2D eigenvalue weighted by molar-refractivity contribution is -0.135. The van der Waals surface area contributed by atoms with Crippen molar-refractivity contribution in [2.45, 2.75) is 39.5 Å². The maximum absolute atomic E-state index is 11.9. The van der Waals surface area contributed by atoms with Crippen molar-refractivity contribution in [3.05, 3.63) is 29.3 Å². The molecule has 1 aromatic rings. The molecule has 1 aromatic carbocycles. The van der Waals surface area contributed by atoms with E-state index in [1.807, 2.05) is 6.92 Å². The molecule has 4 heteroatoms. The molecule has 0 spiro atoms. The van der Waals surface area contributed by atoms with E-state index in [9.17, 15) is 9.59 Å². The average molecular weight is 290 g/mol. The summed E-state index contributed by atoms with van der Waals surface area (Å²) in [4.78, 5) is 23.2. The number of carbonyl (C=O) groups excluding carboxylic acids is 2. The number of aryl methyl sites for hydroxylation is 1. The zero-order valence-corrected chi connectivity index (χ0v) is 12.7. The van der Waals surface area contributed by atoms with Crippen molar-refractivity contribution in [1.29, 1.82) is 0 Å². The summed E-state index contributed by atoms with van der Waals surface area (Å²) < 4.78 is 10.8. The van der Waals surface area contributed by atoms with E-state index in [-0.39, 0.29) is 11.8 Å². The fourth-order valence-electron chi connectivity index (χ4n) is 2.51. The van der Waals surface area contributed by atoms with E-state index >= 15 is 0 Å². The standard InChI is InChI=1S/C17H22O4/c1-12-10-15(13(2)18)6-7-16(12)21-17(19)8-5-14-4-3-9-20-11-14/h6-7,10,14H,3-5,8-9,11H2,1-2H3/t14-/m1/s1. The molecular formula is C17H22O4. The van der Waals surface area contributed by atoms with Crippen LogP contribution in [0.1, 0.15) is 48.5 Å². The van der Waals surface area contributed by atoms with Gasteiger partial charge in [-0.15, -0.1) is 0 Å². The average Bonchev–Trinajstić information content (AvgIpc) is 2.48. The van der Waals surface area contributed by atoms with Crippen LogP contribution in [0.5, 0.6) is 5.75 Å². The van der Waals surface area contributed by atoms with E-state index in [1.54, 1.807) is 18.2 Å². The molecule has 0 bridgehead atoms. The van der Waals surface area contributed by atoms with Crippen LogP contribution in [0.2, 0.25) is 0 Å². The van der Waals surface area contributed by atoms with Crippen LogP contribution in [0.4, 0.5) is 0 Å². The Morgan fingerprint density at radius 2 is 2.19 bits per heavy atom. The first-order valence-electron chi connectivity index (χ1n) is 7.46. The molecule has 2 rings (SSSR count). The van der Waals surface area contributed by atoms with E-state index in [0.717, 1.165) is 38.0 Å². The fraction of sp³-hybridized carbons (Fsp3) is 0.529. The normalized spacial score (nSPS) is 18.3. The van der Waals surface area contributed by atoms with E-state index in [1.165, 1.54) is 6.92 Å². The van der Waals surface area contributed by atoms with Crippen molar-refractivity contribution in [1.82, 2.24) is 0 Å². The number of Topliss-reactive ketones (excluding diaryl/α,β-unsaturated/α-hetero) is 1. The lowest BCUT2D eigenvalue weighted by atomic mass is 9.97. The van der Waals surface area contributed by atoms with Crippen LogP contribution in [-0.2, 0) is 9.53 Å². The molecule has 0 aromatic heterocycles. The summed E-state index contributed by atoms with van der Waals surface area (Å²) in [5.41, 5.74) is 1.43. The number of hydrogen-bond donors (Lipinski definition) is 0. The molecule has 21 heavy (non-hydrogen) atoms. The smallest absolute Gasteiger partial charge is 0.311 e. The van der Waals surface area contributed by atoms with Crippen LogP contribution in [0.15, 0.2) is 18.2 Å². The van der Waals surface area contributed by atoms with Crippen molar-refractivity contribution >= 4 is 11.8 Å². The Labute approximate surface area is 125 Å². The minimum absolute atomic E-state index is 0.00766. The molecule has 0 aliphatic carbocycles. The number of ether oxygens (including phenoxy) is 2. The van der Waals surface area contributed by atoms with Gasteiger partial charge in [0.1, 0.15) is 5.75 Å². The van der Waals surface area contributed by atoms with Gasteiger partial charge in [-0.05, 0) is 62.8 Å². The number of benzene rings is 1. The summed E-state index contributed by atoms with van der Waals surface area (Å²) in [7, 11) is 0. The Hall–Kier alpha value is -1.68. The molecule has 1 aliphatic rings. The first-order valence-corrected chi connectivity index (χ1v) is 7.46. The third kappa shape index (κ3) is 4.67. The summed E-state index contributed by atoms with van der Waals surface area (Å²) in [5, 5.41) is 0. The second-order valence-corrected chi connectivity index (χ2v) is 5.63. The topological polar surface area (TPSA) is 52.6 Å². The van der Waals surface area contributed by atoms with Crippen molar-refractivity contribution in [2.24, 2.45) is 5.92 Å². The molecule has 1 saturated heterocycles. The van der Waals surface area contributed by atoms with Crippen LogP contribution < -0.4 is 4.74 Å². The molecule has 114 valence electrons. The fourth-order valence-corrected chi connectivity index (χ4v) is 2.51. The molecule has 1 fully saturated rings. The largest absolute Gasteiger partial charge is 0.426 e. The molecule has 0 radical (unpaired) electrons. The van der Waals surface area contributed by atoms with Crippen LogP contribution >= 0.6 is 0 Å². The quantitative estimate of drug-likeness (QED) is 0.474. The first-order chi connectivity index (χ1) is 10.1. The highest BCUT2D eigenvalue weighted by molar-refractivity contribution is 5.94. The highest BCUT2D eigenvalue weighted by atomic mass is 16.5. The van der Waals surface area contributed by atoms with Crippen molar-refractivity contribution in [3.8, 4) is 5.75 Å². The lowest BCUT2D eigenvalue weighted by Crippen LogP contribution is -2.19. The van der Waals surface area contributed by atoms with Gasteiger partial charge in [0.05, 0.1) is 0 Å².